The lowest BCUT2D eigenvalue weighted by Crippen LogP contribution is -2.29. The molecule has 0 saturated heterocycles. The molecule has 0 aromatic carbocycles. The topological polar surface area (TPSA) is 79.3 Å². The van der Waals surface area contributed by atoms with Crippen LogP contribution in [0.2, 0.25) is 5.15 Å². The molecular formula is C9H13ClN2O3S. The van der Waals surface area contributed by atoms with Crippen LogP contribution in [0.5, 0.6) is 0 Å². The van der Waals surface area contributed by atoms with Gasteiger partial charge in [-0.05, 0) is 18.1 Å². The van der Waals surface area contributed by atoms with Crippen LogP contribution in [0.4, 0.5) is 0 Å². The van der Waals surface area contributed by atoms with Crippen LogP contribution >= 0.6 is 11.6 Å². The maximum atomic E-state index is 11.7. The minimum Gasteiger partial charge on any atom is -0.396 e. The average Bonchev–Trinajstić information content (AvgIpc) is 2.26. The van der Waals surface area contributed by atoms with Gasteiger partial charge in [0.15, 0.2) is 0 Å². The van der Waals surface area contributed by atoms with E-state index in [4.69, 9.17) is 16.7 Å². The summed E-state index contributed by atoms with van der Waals surface area (Å²) in [6.45, 7) is 1.85. The van der Waals surface area contributed by atoms with Gasteiger partial charge in [0.1, 0.15) is 10.0 Å². The van der Waals surface area contributed by atoms with Crippen molar-refractivity contribution in [3.05, 3.63) is 23.5 Å². The van der Waals surface area contributed by atoms with Crippen molar-refractivity contribution >= 4 is 21.6 Å². The summed E-state index contributed by atoms with van der Waals surface area (Å²) in [6, 6.07) is 2.78. The van der Waals surface area contributed by atoms with E-state index in [0.717, 1.165) is 0 Å². The van der Waals surface area contributed by atoms with Crippen molar-refractivity contribution < 1.29 is 13.5 Å². The molecule has 2 N–H and O–H groups in total. The van der Waals surface area contributed by atoms with E-state index in [1.54, 1.807) is 6.92 Å². The first-order valence-corrected chi connectivity index (χ1v) is 6.54. The van der Waals surface area contributed by atoms with Crippen molar-refractivity contribution in [2.75, 3.05) is 13.2 Å². The summed E-state index contributed by atoms with van der Waals surface area (Å²) in [5.41, 5.74) is 0. The highest BCUT2D eigenvalue weighted by molar-refractivity contribution is 7.89. The predicted molar refractivity (Wildman–Crippen MR) is 60.7 cm³/mol. The Kier molecular flexibility index (Phi) is 4.67. The molecule has 1 atom stereocenters. The molecule has 0 aliphatic rings. The Bertz CT molecular complexity index is 433. The molecule has 0 amide bonds. The first kappa shape index (κ1) is 13.4. The number of rotatable bonds is 5. The lowest BCUT2D eigenvalue weighted by molar-refractivity contribution is 0.238. The number of nitrogens with one attached hydrogen (secondary N) is 1. The van der Waals surface area contributed by atoms with Gasteiger partial charge >= 0.3 is 0 Å². The molecule has 0 aliphatic carbocycles. The summed E-state index contributed by atoms with van der Waals surface area (Å²) in [5, 5.41) is 9.01. The van der Waals surface area contributed by atoms with Crippen LogP contribution < -0.4 is 4.72 Å². The van der Waals surface area contributed by atoms with Crippen molar-refractivity contribution in [1.82, 2.24) is 9.71 Å². The number of nitrogens with zero attached hydrogens (tertiary/aromatic N) is 1. The molecule has 0 aliphatic heterocycles. The van der Waals surface area contributed by atoms with Crippen LogP contribution in [0, 0.1) is 5.92 Å². The molecule has 0 spiro atoms. The van der Waals surface area contributed by atoms with Gasteiger partial charge in [0.25, 0.3) is 0 Å². The standard InChI is InChI=1S/C9H13ClN2O3S/c1-7(6-13)4-12-16(14,15)8-2-3-9(10)11-5-8/h2-3,5,7,12-13H,4,6H2,1H3. The maximum absolute atomic E-state index is 11.7. The summed E-state index contributed by atoms with van der Waals surface area (Å²) in [4.78, 5) is 3.75. The summed E-state index contributed by atoms with van der Waals surface area (Å²) in [6.07, 6.45) is 1.19. The van der Waals surface area contributed by atoms with E-state index in [1.165, 1.54) is 18.3 Å². The van der Waals surface area contributed by atoms with Crippen LogP contribution in [0.25, 0.3) is 0 Å². The average molecular weight is 265 g/mol. The Balaban J connectivity index is 2.74. The molecule has 5 nitrogen and oxygen atoms in total. The highest BCUT2D eigenvalue weighted by Gasteiger charge is 2.15. The second kappa shape index (κ2) is 5.58. The highest BCUT2D eigenvalue weighted by atomic mass is 35.5. The van der Waals surface area contributed by atoms with E-state index in [2.05, 4.69) is 9.71 Å². The van der Waals surface area contributed by atoms with Crippen molar-refractivity contribution in [2.45, 2.75) is 11.8 Å². The smallest absolute Gasteiger partial charge is 0.242 e. The van der Waals surface area contributed by atoms with E-state index in [0.29, 0.717) is 0 Å². The molecule has 0 radical (unpaired) electrons. The number of aromatic nitrogens is 1. The number of hydrogen-bond donors (Lipinski definition) is 2. The summed E-state index contributed by atoms with van der Waals surface area (Å²) in [7, 11) is -3.56. The Hall–Kier alpha value is -0.690. The lowest BCUT2D eigenvalue weighted by atomic mass is 10.2. The quantitative estimate of drug-likeness (QED) is 0.765. The van der Waals surface area contributed by atoms with Crippen molar-refractivity contribution in [3.8, 4) is 0 Å². The third-order valence-electron chi connectivity index (χ3n) is 1.94. The fraction of sp³-hybridized carbons (Fsp3) is 0.444. The second-order valence-corrected chi connectivity index (χ2v) is 5.61. The van der Waals surface area contributed by atoms with Gasteiger partial charge in [0.05, 0.1) is 0 Å². The number of hydrogen-bond acceptors (Lipinski definition) is 4. The van der Waals surface area contributed by atoms with E-state index in [-0.39, 0.29) is 29.1 Å². The molecule has 1 heterocycles. The molecule has 1 unspecified atom stereocenters. The van der Waals surface area contributed by atoms with Gasteiger partial charge in [-0.25, -0.2) is 18.1 Å². The van der Waals surface area contributed by atoms with Gasteiger partial charge in [0, 0.05) is 19.3 Å². The van der Waals surface area contributed by atoms with Crippen molar-refractivity contribution in [2.24, 2.45) is 5.92 Å². The molecule has 0 fully saturated rings. The van der Waals surface area contributed by atoms with Crippen LogP contribution in [-0.4, -0.2) is 31.7 Å². The normalized spacial score (nSPS) is 13.7. The minimum atomic E-state index is -3.56. The predicted octanol–water partition coefficient (Wildman–Crippen LogP) is 0.642. The van der Waals surface area contributed by atoms with Gasteiger partial charge in [-0.15, -0.1) is 0 Å². The van der Waals surface area contributed by atoms with E-state index >= 15 is 0 Å². The van der Waals surface area contributed by atoms with Gasteiger partial charge in [0.2, 0.25) is 10.0 Å². The lowest BCUT2D eigenvalue weighted by Gasteiger charge is -2.09. The van der Waals surface area contributed by atoms with Crippen LogP contribution in [-0.2, 0) is 10.0 Å². The summed E-state index contributed by atoms with van der Waals surface area (Å²) < 4.78 is 25.8. The van der Waals surface area contributed by atoms with Crippen molar-refractivity contribution in [3.63, 3.8) is 0 Å². The third kappa shape index (κ3) is 3.71. The molecule has 1 rings (SSSR count). The number of halogens is 1. The Morgan fingerprint density at radius 3 is 2.75 bits per heavy atom. The second-order valence-electron chi connectivity index (χ2n) is 3.46. The maximum Gasteiger partial charge on any atom is 0.242 e. The SMILES string of the molecule is CC(CO)CNS(=O)(=O)c1ccc(Cl)nc1. The summed E-state index contributed by atoms with van der Waals surface area (Å²) >= 11 is 5.55. The third-order valence-corrected chi connectivity index (χ3v) is 3.58. The summed E-state index contributed by atoms with van der Waals surface area (Å²) in [5.74, 6) is -0.130. The zero-order valence-electron chi connectivity index (χ0n) is 8.72. The van der Waals surface area contributed by atoms with Crippen LogP contribution in [0.3, 0.4) is 0 Å². The molecule has 90 valence electrons. The molecule has 0 bridgehead atoms. The molecule has 1 aromatic heterocycles. The zero-order valence-corrected chi connectivity index (χ0v) is 10.3. The Labute approximate surface area is 99.5 Å². The largest absolute Gasteiger partial charge is 0.396 e. The van der Waals surface area contributed by atoms with Crippen molar-refractivity contribution in [1.29, 1.82) is 0 Å². The molecule has 1 aromatic rings. The first-order chi connectivity index (χ1) is 7.45. The van der Waals surface area contributed by atoms with Crippen LogP contribution in [0.1, 0.15) is 6.92 Å². The number of aliphatic hydroxyl groups is 1. The minimum absolute atomic E-state index is 0.0574. The molecule has 7 heteroatoms. The van der Waals surface area contributed by atoms with Gasteiger partial charge in [-0.1, -0.05) is 18.5 Å². The molecule has 16 heavy (non-hydrogen) atoms. The number of aliphatic hydroxyl groups excluding tert-OH is 1. The fourth-order valence-corrected chi connectivity index (χ4v) is 2.14. The van der Waals surface area contributed by atoms with Crippen LogP contribution in [0.15, 0.2) is 23.2 Å². The number of pyridine rings is 1. The first-order valence-electron chi connectivity index (χ1n) is 4.68. The molecular weight excluding hydrogens is 252 g/mol. The van der Waals surface area contributed by atoms with E-state index < -0.39 is 10.0 Å². The Morgan fingerprint density at radius 1 is 1.56 bits per heavy atom. The van der Waals surface area contributed by atoms with Gasteiger partial charge in [-0.3, -0.25) is 0 Å². The van der Waals surface area contributed by atoms with E-state index in [1.807, 2.05) is 0 Å². The molecule has 0 saturated carbocycles. The van der Waals surface area contributed by atoms with E-state index in [9.17, 15) is 8.42 Å². The highest BCUT2D eigenvalue weighted by Crippen LogP contribution is 2.10. The fourth-order valence-electron chi connectivity index (χ4n) is 0.921. The van der Waals surface area contributed by atoms with Gasteiger partial charge < -0.3 is 5.11 Å². The Morgan fingerprint density at radius 2 is 2.25 bits per heavy atom. The zero-order chi connectivity index (χ0) is 12.2. The van der Waals surface area contributed by atoms with Gasteiger partial charge in [-0.2, -0.15) is 0 Å². The monoisotopic (exact) mass is 264 g/mol. The number of sulfonamides is 1.